The van der Waals surface area contributed by atoms with Crippen LogP contribution in [0.15, 0.2) is 35.5 Å². The van der Waals surface area contributed by atoms with Gasteiger partial charge in [-0.2, -0.15) is 5.10 Å². The van der Waals surface area contributed by atoms with Crippen molar-refractivity contribution in [1.82, 2.24) is 14.5 Å². The number of nitrogens with zero attached hydrogens (tertiary/aromatic N) is 2. The van der Waals surface area contributed by atoms with E-state index in [0.717, 1.165) is 16.8 Å². The van der Waals surface area contributed by atoms with E-state index in [2.05, 4.69) is 9.82 Å². The zero-order chi connectivity index (χ0) is 13.3. The molecule has 18 heavy (non-hydrogen) atoms. The van der Waals surface area contributed by atoms with Crippen molar-refractivity contribution in [3.8, 4) is 5.69 Å². The van der Waals surface area contributed by atoms with Crippen molar-refractivity contribution in [3.05, 3.63) is 42.1 Å². The Labute approximate surface area is 102 Å². The standard InChI is InChI=1S/C10H9F2N3O2S/c1-13-18(16,17)10-2-3-14-15(10)9-5-7(11)4-8(12)6-9/h2-6,13H,1H3. The third-order valence-corrected chi connectivity index (χ3v) is 3.64. The Morgan fingerprint density at radius 1 is 1.22 bits per heavy atom. The molecule has 0 fully saturated rings. The lowest BCUT2D eigenvalue weighted by atomic mass is 10.3. The molecule has 0 aliphatic carbocycles. The minimum Gasteiger partial charge on any atom is -0.221 e. The molecule has 2 rings (SSSR count). The van der Waals surface area contributed by atoms with Crippen LogP contribution in [0.25, 0.3) is 5.69 Å². The molecule has 0 amide bonds. The van der Waals surface area contributed by atoms with Crippen molar-refractivity contribution in [2.45, 2.75) is 5.03 Å². The first-order valence-corrected chi connectivity index (χ1v) is 6.36. The van der Waals surface area contributed by atoms with Gasteiger partial charge in [-0.3, -0.25) is 0 Å². The Bertz CT molecular complexity index is 662. The number of rotatable bonds is 3. The molecule has 1 heterocycles. The SMILES string of the molecule is CNS(=O)(=O)c1ccnn1-c1cc(F)cc(F)c1. The highest BCUT2D eigenvalue weighted by molar-refractivity contribution is 7.89. The van der Waals surface area contributed by atoms with Crippen LogP contribution >= 0.6 is 0 Å². The number of hydrogen-bond acceptors (Lipinski definition) is 3. The van der Waals surface area contributed by atoms with Gasteiger partial charge in [0.05, 0.1) is 11.9 Å². The van der Waals surface area contributed by atoms with E-state index < -0.39 is 21.7 Å². The van der Waals surface area contributed by atoms with Crippen molar-refractivity contribution < 1.29 is 17.2 Å². The van der Waals surface area contributed by atoms with Gasteiger partial charge in [0.15, 0.2) is 5.03 Å². The highest BCUT2D eigenvalue weighted by atomic mass is 32.2. The zero-order valence-corrected chi connectivity index (χ0v) is 10.1. The number of nitrogens with one attached hydrogen (secondary N) is 1. The molecule has 0 saturated carbocycles. The highest BCUT2D eigenvalue weighted by Crippen LogP contribution is 2.17. The lowest BCUT2D eigenvalue weighted by Gasteiger charge is -2.07. The quantitative estimate of drug-likeness (QED) is 0.909. The Hall–Kier alpha value is -1.80. The largest absolute Gasteiger partial charge is 0.257 e. The van der Waals surface area contributed by atoms with Gasteiger partial charge in [-0.05, 0) is 25.2 Å². The molecule has 0 atom stereocenters. The van der Waals surface area contributed by atoms with Crippen LogP contribution in [0.5, 0.6) is 0 Å². The summed E-state index contributed by atoms with van der Waals surface area (Å²) < 4.78 is 52.6. The maximum atomic E-state index is 13.1. The van der Waals surface area contributed by atoms with Crippen molar-refractivity contribution in [2.24, 2.45) is 0 Å². The summed E-state index contributed by atoms with van der Waals surface area (Å²) in [4.78, 5) is 0. The average Bonchev–Trinajstić information content (AvgIpc) is 2.77. The van der Waals surface area contributed by atoms with Crippen molar-refractivity contribution in [3.63, 3.8) is 0 Å². The summed E-state index contributed by atoms with van der Waals surface area (Å²) in [5.41, 5.74) is -0.00803. The van der Waals surface area contributed by atoms with Gasteiger partial charge in [0.1, 0.15) is 11.6 Å². The van der Waals surface area contributed by atoms with Crippen LogP contribution in [-0.4, -0.2) is 25.2 Å². The number of hydrogen-bond donors (Lipinski definition) is 1. The molecule has 0 radical (unpaired) electrons. The number of aromatic nitrogens is 2. The van der Waals surface area contributed by atoms with Crippen LogP contribution in [0.3, 0.4) is 0 Å². The van der Waals surface area contributed by atoms with E-state index in [1.54, 1.807) is 0 Å². The van der Waals surface area contributed by atoms with Gasteiger partial charge in [0.2, 0.25) is 0 Å². The molecule has 96 valence electrons. The monoisotopic (exact) mass is 273 g/mol. The highest BCUT2D eigenvalue weighted by Gasteiger charge is 2.18. The Morgan fingerprint density at radius 3 is 2.39 bits per heavy atom. The molecule has 5 nitrogen and oxygen atoms in total. The van der Waals surface area contributed by atoms with E-state index in [0.29, 0.717) is 6.07 Å². The van der Waals surface area contributed by atoms with E-state index in [1.807, 2.05) is 0 Å². The predicted molar refractivity (Wildman–Crippen MR) is 59.7 cm³/mol. The Kier molecular flexibility index (Phi) is 3.14. The first-order valence-electron chi connectivity index (χ1n) is 4.88. The van der Waals surface area contributed by atoms with Crippen LogP contribution in [0.2, 0.25) is 0 Å². The Balaban J connectivity index is 2.63. The average molecular weight is 273 g/mol. The summed E-state index contributed by atoms with van der Waals surface area (Å²) in [6.07, 6.45) is 1.23. The van der Waals surface area contributed by atoms with Gasteiger partial charge < -0.3 is 0 Å². The van der Waals surface area contributed by atoms with Gasteiger partial charge in [-0.1, -0.05) is 0 Å². The van der Waals surface area contributed by atoms with Crippen molar-refractivity contribution in [1.29, 1.82) is 0 Å². The normalized spacial score (nSPS) is 11.7. The van der Waals surface area contributed by atoms with Gasteiger partial charge >= 0.3 is 0 Å². The summed E-state index contributed by atoms with van der Waals surface area (Å²) >= 11 is 0. The molecule has 0 spiro atoms. The molecule has 2 aromatic rings. The van der Waals surface area contributed by atoms with Crippen LogP contribution in [-0.2, 0) is 10.0 Å². The summed E-state index contributed by atoms with van der Waals surface area (Å²) in [5.74, 6) is -1.62. The van der Waals surface area contributed by atoms with Crippen molar-refractivity contribution >= 4 is 10.0 Å². The first kappa shape index (κ1) is 12.7. The van der Waals surface area contributed by atoms with Crippen molar-refractivity contribution in [2.75, 3.05) is 7.05 Å². The topological polar surface area (TPSA) is 64.0 Å². The van der Waals surface area contributed by atoms with E-state index in [-0.39, 0.29) is 10.7 Å². The summed E-state index contributed by atoms with van der Waals surface area (Å²) in [6.45, 7) is 0. The minimum atomic E-state index is -3.75. The first-order chi connectivity index (χ1) is 8.44. The minimum absolute atomic E-state index is 0.00803. The number of benzene rings is 1. The molecule has 1 aromatic carbocycles. The molecule has 0 bridgehead atoms. The summed E-state index contributed by atoms with van der Waals surface area (Å²) in [5, 5.41) is 3.55. The van der Waals surface area contributed by atoms with Gasteiger partial charge in [-0.15, -0.1) is 0 Å². The van der Waals surface area contributed by atoms with Crippen LogP contribution in [0.4, 0.5) is 8.78 Å². The van der Waals surface area contributed by atoms with E-state index in [9.17, 15) is 17.2 Å². The van der Waals surface area contributed by atoms with E-state index in [1.165, 1.54) is 19.3 Å². The third-order valence-electron chi connectivity index (χ3n) is 2.24. The number of sulfonamides is 1. The van der Waals surface area contributed by atoms with Crippen LogP contribution in [0, 0.1) is 11.6 Å². The number of halogens is 2. The molecule has 1 N–H and O–H groups in total. The second-order valence-corrected chi connectivity index (χ2v) is 5.25. The molecule has 1 aromatic heterocycles. The zero-order valence-electron chi connectivity index (χ0n) is 9.26. The third kappa shape index (κ3) is 2.24. The molecular formula is C10H9F2N3O2S. The van der Waals surface area contributed by atoms with E-state index >= 15 is 0 Å². The fraction of sp³-hybridized carbons (Fsp3) is 0.100. The van der Waals surface area contributed by atoms with Gasteiger partial charge in [0.25, 0.3) is 10.0 Å². The maximum Gasteiger partial charge on any atom is 0.257 e. The molecule has 0 unspecified atom stereocenters. The molecule has 0 saturated heterocycles. The smallest absolute Gasteiger partial charge is 0.221 e. The van der Waals surface area contributed by atoms with Crippen LogP contribution in [0.1, 0.15) is 0 Å². The lowest BCUT2D eigenvalue weighted by molar-refractivity contribution is 0.568. The fourth-order valence-corrected chi connectivity index (χ4v) is 2.28. The predicted octanol–water partition coefficient (Wildman–Crippen LogP) is 1.06. The fourth-order valence-electron chi connectivity index (χ4n) is 1.45. The summed E-state index contributed by atoms with van der Waals surface area (Å²) in [7, 11) is -2.52. The lowest BCUT2D eigenvalue weighted by Crippen LogP contribution is -2.22. The van der Waals surface area contributed by atoms with E-state index in [4.69, 9.17) is 0 Å². The van der Waals surface area contributed by atoms with Gasteiger partial charge in [-0.25, -0.2) is 26.6 Å². The maximum absolute atomic E-state index is 13.1. The molecule has 0 aliphatic heterocycles. The Morgan fingerprint density at radius 2 is 1.83 bits per heavy atom. The second-order valence-electron chi connectivity index (χ2n) is 3.42. The van der Waals surface area contributed by atoms with Crippen LogP contribution < -0.4 is 4.72 Å². The molecule has 0 aliphatic rings. The second kappa shape index (κ2) is 4.46. The molecular weight excluding hydrogens is 264 g/mol. The molecule has 8 heteroatoms. The summed E-state index contributed by atoms with van der Waals surface area (Å²) in [6, 6.07) is 3.91. The van der Waals surface area contributed by atoms with Gasteiger partial charge in [0, 0.05) is 6.07 Å².